The van der Waals surface area contributed by atoms with Crippen molar-refractivity contribution in [3.63, 3.8) is 0 Å². The van der Waals surface area contributed by atoms with Gasteiger partial charge in [0.2, 0.25) is 5.91 Å². The average molecular weight is 343 g/mol. The first kappa shape index (κ1) is 17.7. The number of carbonyl (C=O) groups is 2. The Morgan fingerprint density at radius 2 is 2.26 bits per heavy atom. The van der Waals surface area contributed by atoms with Gasteiger partial charge in [-0.25, -0.2) is 4.39 Å². The van der Waals surface area contributed by atoms with Crippen molar-refractivity contribution in [3.05, 3.63) is 29.0 Å². The summed E-state index contributed by atoms with van der Waals surface area (Å²) < 4.78 is 13.5. The summed E-state index contributed by atoms with van der Waals surface area (Å²) in [7, 11) is 0. The quantitative estimate of drug-likeness (QED) is 0.862. The third kappa shape index (κ3) is 3.82. The van der Waals surface area contributed by atoms with E-state index in [0.29, 0.717) is 31.5 Å². The standard InChI is InChI=1S/C16H20ClFN2O3/c1-3-7-16(2,23)15(22)19-13-6-8-20(14(13)21)10-4-5-11(17)12(18)9-10/h4-5,9,13,23H,3,6-8H2,1-2H3,(H,19,22). The third-order valence-electron chi connectivity index (χ3n) is 3.95. The molecule has 23 heavy (non-hydrogen) atoms. The van der Waals surface area contributed by atoms with Gasteiger partial charge in [-0.3, -0.25) is 9.59 Å². The van der Waals surface area contributed by atoms with Gasteiger partial charge in [0.25, 0.3) is 5.91 Å². The number of anilines is 1. The Kier molecular flexibility index (Phi) is 5.26. The van der Waals surface area contributed by atoms with Crippen LogP contribution in [0.2, 0.25) is 5.02 Å². The summed E-state index contributed by atoms with van der Waals surface area (Å²) in [5.74, 6) is -1.50. The molecule has 0 aromatic heterocycles. The van der Waals surface area contributed by atoms with Gasteiger partial charge in [-0.05, 0) is 38.0 Å². The predicted octanol–water partition coefficient (Wildman–Crippen LogP) is 2.25. The second-order valence-corrected chi connectivity index (χ2v) is 6.33. The molecule has 2 N–H and O–H groups in total. The molecule has 0 aliphatic carbocycles. The van der Waals surface area contributed by atoms with Gasteiger partial charge in [0, 0.05) is 12.2 Å². The minimum absolute atomic E-state index is 0.0131. The third-order valence-corrected chi connectivity index (χ3v) is 4.26. The number of carbonyl (C=O) groups excluding carboxylic acids is 2. The summed E-state index contributed by atoms with van der Waals surface area (Å²) >= 11 is 5.64. The largest absolute Gasteiger partial charge is 0.380 e. The van der Waals surface area contributed by atoms with Crippen LogP contribution in [0.5, 0.6) is 0 Å². The molecule has 1 aromatic rings. The van der Waals surface area contributed by atoms with Crippen LogP contribution in [0.3, 0.4) is 0 Å². The second kappa shape index (κ2) is 6.84. The Labute approximate surface area is 139 Å². The lowest BCUT2D eigenvalue weighted by molar-refractivity contribution is -0.140. The van der Waals surface area contributed by atoms with E-state index in [-0.39, 0.29) is 10.9 Å². The molecule has 7 heteroatoms. The van der Waals surface area contributed by atoms with E-state index < -0.39 is 23.4 Å². The van der Waals surface area contributed by atoms with E-state index in [4.69, 9.17) is 11.6 Å². The van der Waals surface area contributed by atoms with E-state index in [0.717, 1.165) is 0 Å². The first-order chi connectivity index (χ1) is 10.8. The Morgan fingerprint density at radius 1 is 1.57 bits per heavy atom. The number of amides is 2. The van der Waals surface area contributed by atoms with E-state index in [2.05, 4.69) is 5.32 Å². The molecule has 126 valence electrons. The maximum Gasteiger partial charge on any atom is 0.252 e. The number of aliphatic hydroxyl groups is 1. The SMILES string of the molecule is CCCC(C)(O)C(=O)NC1CCN(c2ccc(Cl)c(F)c2)C1=O. The van der Waals surface area contributed by atoms with Gasteiger partial charge in [0.15, 0.2) is 0 Å². The van der Waals surface area contributed by atoms with Gasteiger partial charge in [0.1, 0.15) is 17.5 Å². The van der Waals surface area contributed by atoms with Crippen LogP contribution in [0.25, 0.3) is 0 Å². The lowest BCUT2D eigenvalue weighted by atomic mass is 9.99. The van der Waals surface area contributed by atoms with Gasteiger partial charge in [0.05, 0.1) is 5.02 Å². The van der Waals surface area contributed by atoms with Crippen molar-refractivity contribution in [2.24, 2.45) is 0 Å². The van der Waals surface area contributed by atoms with Crippen molar-refractivity contribution in [1.29, 1.82) is 0 Å². The van der Waals surface area contributed by atoms with Crippen LogP contribution in [0.4, 0.5) is 10.1 Å². The van der Waals surface area contributed by atoms with Crippen LogP contribution < -0.4 is 10.2 Å². The molecule has 1 aliphatic rings. The van der Waals surface area contributed by atoms with Crippen LogP contribution in [0.15, 0.2) is 18.2 Å². The van der Waals surface area contributed by atoms with Crippen LogP contribution in [0.1, 0.15) is 33.1 Å². The second-order valence-electron chi connectivity index (χ2n) is 5.93. The highest BCUT2D eigenvalue weighted by atomic mass is 35.5. The first-order valence-corrected chi connectivity index (χ1v) is 7.94. The minimum atomic E-state index is -1.51. The molecule has 2 rings (SSSR count). The summed E-state index contributed by atoms with van der Waals surface area (Å²) in [5.41, 5.74) is -1.11. The summed E-state index contributed by atoms with van der Waals surface area (Å²) in [6.07, 6.45) is 1.36. The van der Waals surface area contributed by atoms with Crippen molar-refractivity contribution in [3.8, 4) is 0 Å². The Morgan fingerprint density at radius 3 is 2.87 bits per heavy atom. The summed E-state index contributed by atoms with van der Waals surface area (Å²) in [6, 6.07) is 3.42. The van der Waals surface area contributed by atoms with Crippen LogP contribution in [-0.4, -0.2) is 35.1 Å². The Hall–Kier alpha value is -1.66. The number of rotatable bonds is 5. The van der Waals surface area contributed by atoms with E-state index in [1.807, 2.05) is 6.92 Å². The highest BCUT2D eigenvalue weighted by Crippen LogP contribution is 2.26. The van der Waals surface area contributed by atoms with Crippen LogP contribution in [-0.2, 0) is 9.59 Å². The maximum atomic E-state index is 13.5. The minimum Gasteiger partial charge on any atom is -0.380 e. The lowest BCUT2D eigenvalue weighted by Gasteiger charge is -2.24. The molecule has 1 saturated heterocycles. The zero-order valence-corrected chi connectivity index (χ0v) is 13.9. The van der Waals surface area contributed by atoms with Gasteiger partial charge < -0.3 is 15.3 Å². The number of benzene rings is 1. The van der Waals surface area contributed by atoms with Crippen LogP contribution >= 0.6 is 11.6 Å². The molecule has 1 aliphatic heterocycles. The van der Waals surface area contributed by atoms with Gasteiger partial charge in [-0.2, -0.15) is 0 Å². The van der Waals surface area contributed by atoms with Crippen molar-refractivity contribution in [1.82, 2.24) is 5.32 Å². The van der Waals surface area contributed by atoms with Crippen molar-refractivity contribution >= 4 is 29.1 Å². The van der Waals surface area contributed by atoms with Crippen LogP contribution in [0, 0.1) is 5.82 Å². The molecule has 1 fully saturated rings. The fourth-order valence-corrected chi connectivity index (χ4v) is 2.75. The average Bonchev–Trinajstić information content (AvgIpc) is 2.83. The molecule has 0 saturated carbocycles. The zero-order chi connectivity index (χ0) is 17.2. The number of hydrogen-bond acceptors (Lipinski definition) is 3. The molecule has 2 amide bonds. The van der Waals surface area contributed by atoms with E-state index in [1.165, 1.54) is 24.0 Å². The Balaban J connectivity index is 2.07. The molecule has 2 unspecified atom stereocenters. The molecule has 0 bridgehead atoms. The summed E-state index contributed by atoms with van der Waals surface area (Å²) in [5, 5.41) is 12.6. The van der Waals surface area contributed by atoms with E-state index in [9.17, 15) is 19.1 Å². The van der Waals surface area contributed by atoms with E-state index >= 15 is 0 Å². The number of nitrogens with zero attached hydrogens (tertiary/aromatic N) is 1. The highest BCUT2D eigenvalue weighted by Gasteiger charge is 2.37. The number of halogens is 2. The fourth-order valence-electron chi connectivity index (χ4n) is 2.64. The van der Waals surface area contributed by atoms with Crippen molar-refractivity contribution in [2.75, 3.05) is 11.4 Å². The molecule has 0 spiro atoms. The molecular formula is C16H20ClFN2O3. The summed E-state index contributed by atoms with van der Waals surface area (Å²) in [6.45, 7) is 3.65. The summed E-state index contributed by atoms with van der Waals surface area (Å²) in [4.78, 5) is 25.9. The van der Waals surface area contributed by atoms with Crippen molar-refractivity contribution < 1.29 is 19.1 Å². The fraction of sp³-hybridized carbons (Fsp3) is 0.500. The normalized spacial score (nSPS) is 20.5. The maximum absolute atomic E-state index is 13.5. The zero-order valence-electron chi connectivity index (χ0n) is 13.1. The molecule has 1 heterocycles. The predicted molar refractivity (Wildman–Crippen MR) is 85.8 cm³/mol. The van der Waals surface area contributed by atoms with Gasteiger partial charge in [-0.15, -0.1) is 0 Å². The van der Waals surface area contributed by atoms with Crippen molar-refractivity contribution in [2.45, 2.75) is 44.8 Å². The number of hydrogen-bond donors (Lipinski definition) is 2. The number of nitrogens with one attached hydrogen (secondary N) is 1. The molecular weight excluding hydrogens is 323 g/mol. The molecule has 1 aromatic carbocycles. The molecule has 5 nitrogen and oxygen atoms in total. The van der Waals surface area contributed by atoms with E-state index in [1.54, 1.807) is 6.07 Å². The monoisotopic (exact) mass is 342 g/mol. The van der Waals surface area contributed by atoms with Gasteiger partial charge >= 0.3 is 0 Å². The first-order valence-electron chi connectivity index (χ1n) is 7.56. The highest BCUT2D eigenvalue weighted by molar-refractivity contribution is 6.30. The smallest absolute Gasteiger partial charge is 0.252 e. The Bertz CT molecular complexity index is 621. The topological polar surface area (TPSA) is 69.6 Å². The molecule has 2 atom stereocenters. The van der Waals surface area contributed by atoms with Gasteiger partial charge in [-0.1, -0.05) is 24.9 Å². The molecule has 0 radical (unpaired) electrons. The lowest BCUT2D eigenvalue weighted by Crippen LogP contribution is -2.50.